The van der Waals surface area contributed by atoms with Crippen molar-refractivity contribution >= 4 is 46.1 Å². The van der Waals surface area contributed by atoms with Crippen LogP contribution >= 0.6 is 0 Å². The van der Waals surface area contributed by atoms with Crippen LogP contribution in [0.15, 0.2) is 96.6 Å². The summed E-state index contributed by atoms with van der Waals surface area (Å²) in [5.74, 6) is -1.28. The van der Waals surface area contributed by atoms with Crippen LogP contribution in [0.5, 0.6) is 0 Å². The second-order valence-electron chi connectivity index (χ2n) is 8.31. The molecule has 5 rings (SSSR count). The molecule has 4 aromatic carbocycles. The summed E-state index contributed by atoms with van der Waals surface area (Å²) < 4.78 is 0. The van der Waals surface area contributed by atoms with Crippen molar-refractivity contribution in [3.8, 4) is 0 Å². The van der Waals surface area contributed by atoms with Crippen molar-refractivity contribution in [3.63, 3.8) is 0 Å². The number of urea groups is 1. The molecule has 166 valence electrons. The van der Waals surface area contributed by atoms with Gasteiger partial charge in [-0.25, -0.2) is 14.6 Å². The Morgan fingerprint density at radius 1 is 0.647 bits per heavy atom. The molecule has 1 fully saturated rings. The molecule has 0 radical (unpaired) electrons. The van der Waals surface area contributed by atoms with E-state index in [2.05, 4.69) is 0 Å². The summed E-state index contributed by atoms with van der Waals surface area (Å²) in [5.41, 5.74) is 3.45. The number of aryl methyl sites for hydroxylation is 2. The van der Waals surface area contributed by atoms with Gasteiger partial charge in [0, 0.05) is 5.39 Å². The Morgan fingerprint density at radius 3 is 2.06 bits per heavy atom. The molecule has 0 N–H and O–H groups in total. The number of hydrogen-bond acceptors (Lipinski definition) is 3. The number of nitrogens with zero attached hydrogens (tertiary/aromatic N) is 2. The second kappa shape index (κ2) is 8.45. The average molecular weight is 447 g/mol. The van der Waals surface area contributed by atoms with Crippen LogP contribution in [-0.4, -0.2) is 17.8 Å². The van der Waals surface area contributed by atoms with Gasteiger partial charge in [-0.15, -0.1) is 0 Å². The van der Waals surface area contributed by atoms with E-state index in [1.54, 1.807) is 30.3 Å². The molecule has 34 heavy (non-hydrogen) atoms. The van der Waals surface area contributed by atoms with E-state index in [1.165, 1.54) is 0 Å². The van der Waals surface area contributed by atoms with Gasteiger partial charge >= 0.3 is 6.03 Å². The van der Waals surface area contributed by atoms with E-state index >= 15 is 0 Å². The number of benzene rings is 4. The number of carbonyl (C=O) groups is 3. The predicted molar refractivity (Wildman–Crippen MR) is 135 cm³/mol. The van der Waals surface area contributed by atoms with E-state index in [1.807, 2.05) is 80.6 Å². The third-order valence-corrected chi connectivity index (χ3v) is 6.04. The van der Waals surface area contributed by atoms with Crippen molar-refractivity contribution in [2.24, 2.45) is 0 Å². The molecule has 0 spiro atoms. The summed E-state index contributed by atoms with van der Waals surface area (Å²) in [6, 6.07) is 26.9. The van der Waals surface area contributed by atoms with Crippen LogP contribution in [0.25, 0.3) is 16.8 Å². The van der Waals surface area contributed by atoms with Gasteiger partial charge in [-0.1, -0.05) is 78.4 Å². The van der Waals surface area contributed by atoms with E-state index in [4.69, 9.17) is 0 Å². The Kier molecular flexibility index (Phi) is 5.30. The van der Waals surface area contributed by atoms with Crippen molar-refractivity contribution < 1.29 is 14.4 Å². The summed E-state index contributed by atoms with van der Waals surface area (Å²) in [4.78, 5) is 43.2. The maximum Gasteiger partial charge on any atom is 0.343 e. The van der Waals surface area contributed by atoms with E-state index in [-0.39, 0.29) is 5.57 Å². The molecule has 0 aliphatic carbocycles. The van der Waals surface area contributed by atoms with E-state index in [0.29, 0.717) is 11.4 Å². The number of rotatable bonds is 3. The minimum absolute atomic E-state index is 0.0672. The maximum atomic E-state index is 13.7. The number of anilines is 2. The molecule has 1 heterocycles. The van der Waals surface area contributed by atoms with Crippen molar-refractivity contribution in [1.29, 1.82) is 0 Å². The van der Waals surface area contributed by atoms with Gasteiger partial charge in [-0.2, -0.15) is 0 Å². The maximum absolute atomic E-state index is 13.7. The number of imide groups is 2. The summed E-state index contributed by atoms with van der Waals surface area (Å²) >= 11 is 0. The molecule has 5 heteroatoms. The van der Waals surface area contributed by atoms with Gasteiger partial charge in [-0.3, -0.25) is 9.59 Å². The van der Waals surface area contributed by atoms with Crippen LogP contribution in [0, 0.1) is 13.8 Å². The van der Waals surface area contributed by atoms with Gasteiger partial charge in [-0.05, 0) is 54.6 Å². The van der Waals surface area contributed by atoms with Gasteiger partial charge in [0.1, 0.15) is 5.57 Å². The third-order valence-electron chi connectivity index (χ3n) is 6.04. The number of hydrogen-bond donors (Lipinski definition) is 0. The van der Waals surface area contributed by atoms with Crippen LogP contribution in [0.4, 0.5) is 16.2 Å². The van der Waals surface area contributed by atoms with Crippen molar-refractivity contribution in [2.75, 3.05) is 9.80 Å². The predicted octanol–water partition coefficient (Wildman–Crippen LogP) is 6.04. The molecule has 1 aliphatic rings. The molecule has 4 aromatic rings. The molecular weight excluding hydrogens is 424 g/mol. The largest absolute Gasteiger partial charge is 0.343 e. The van der Waals surface area contributed by atoms with Gasteiger partial charge in [0.05, 0.1) is 11.4 Å². The standard InChI is InChI=1S/C29H22N2O3/c1-19-14-16-23(17-15-19)30-27(32)25(18-22-10-4-3-8-20(22)2)28(33)31(29(30)34)26-13-7-11-21-9-5-6-12-24(21)26/h3-18H,1-2H3/b25-18+. The zero-order valence-corrected chi connectivity index (χ0v) is 18.9. The lowest BCUT2D eigenvalue weighted by molar-refractivity contribution is -0.121. The molecule has 0 bridgehead atoms. The molecule has 1 aliphatic heterocycles. The molecule has 0 atom stereocenters. The molecule has 0 aromatic heterocycles. The zero-order valence-electron chi connectivity index (χ0n) is 18.9. The molecule has 1 saturated heterocycles. The van der Waals surface area contributed by atoms with E-state index in [0.717, 1.165) is 37.3 Å². The van der Waals surface area contributed by atoms with Crippen LogP contribution in [0.2, 0.25) is 0 Å². The Morgan fingerprint density at radius 2 is 1.29 bits per heavy atom. The lowest BCUT2D eigenvalue weighted by Crippen LogP contribution is -2.57. The number of fused-ring (bicyclic) bond motifs is 1. The molecule has 0 unspecified atom stereocenters. The van der Waals surface area contributed by atoms with Gasteiger partial charge in [0.15, 0.2) is 0 Å². The minimum atomic E-state index is -0.697. The molecular formula is C29H22N2O3. The van der Waals surface area contributed by atoms with Gasteiger partial charge < -0.3 is 0 Å². The molecule has 4 amide bonds. The van der Waals surface area contributed by atoms with Crippen molar-refractivity contribution in [1.82, 2.24) is 0 Å². The van der Waals surface area contributed by atoms with Gasteiger partial charge in [0.25, 0.3) is 11.8 Å². The highest BCUT2D eigenvalue weighted by Crippen LogP contribution is 2.34. The Labute approximate surface area is 197 Å². The summed E-state index contributed by atoms with van der Waals surface area (Å²) in [5, 5.41) is 1.64. The lowest BCUT2D eigenvalue weighted by Gasteiger charge is -2.34. The smallest absolute Gasteiger partial charge is 0.268 e. The fourth-order valence-electron chi connectivity index (χ4n) is 4.17. The first-order valence-corrected chi connectivity index (χ1v) is 11.0. The van der Waals surface area contributed by atoms with Crippen LogP contribution in [-0.2, 0) is 9.59 Å². The monoisotopic (exact) mass is 446 g/mol. The topological polar surface area (TPSA) is 57.7 Å². The lowest BCUT2D eigenvalue weighted by atomic mass is 10.0. The fourth-order valence-corrected chi connectivity index (χ4v) is 4.17. The quantitative estimate of drug-likeness (QED) is 0.285. The highest BCUT2D eigenvalue weighted by Gasteiger charge is 2.44. The average Bonchev–Trinajstić information content (AvgIpc) is 2.84. The van der Waals surface area contributed by atoms with Crippen LogP contribution in [0.1, 0.15) is 16.7 Å². The second-order valence-corrected chi connectivity index (χ2v) is 8.31. The number of amides is 4. The van der Waals surface area contributed by atoms with Crippen molar-refractivity contribution in [3.05, 3.63) is 113 Å². The zero-order chi connectivity index (χ0) is 23.8. The highest BCUT2D eigenvalue weighted by molar-refractivity contribution is 6.46. The van der Waals surface area contributed by atoms with Crippen molar-refractivity contribution in [2.45, 2.75) is 13.8 Å². The number of barbiturate groups is 1. The Bertz CT molecular complexity index is 1480. The summed E-state index contributed by atoms with van der Waals surface area (Å²) in [6.07, 6.45) is 1.58. The SMILES string of the molecule is Cc1ccc(N2C(=O)/C(=C\c3ccccc3C)C(=O)N(c3cccc4ccccc34)C2=O)cc1. The Balaban J connectivity index is 1.73. The Hall–Kier alpha value is -4.51. The summed E-state index contributed by atoms with van der Waals surface area (Å²) in [6.45, 7) is 3.84. The highest BCUT2D eigenvalue weighted by atomic mass is 16.2. The van der Waals surface area contributed by atoms with E-state index < -0.39 is 17.8 Å². The summed E-state index contributed by atoms with van der Waals surface area (Å²) in [7, 11) is 0. The normalized spacial score (nSPS) is 15.5. The van der Waals surface area contributed by atoms with Crippen LogP contribution in [0.3, 0.4) is 0 Å². The van der Waals surface area contributed by atoms with Gasteiger partial charge in [0.2, 0.25) is 0 Å². The minimum Gasteiger partial charge on any atom is -0.268 e. The first-order chi connectivity index (χ1) is 16.5. The molecule has 5 nitrogen and oxygen atoms in total. The fraction of sp³-hybridized carbons (Fsp3) is 0.0690. The van der Waals surface area contributed by atoms with E-state index in [9.17, 15) is 14.4 Å². The first kappa shape index (κ1) is 21.3. The molecule has 0 saturated carbocycles. The third kappa shape index (κ3) is 3.57. The van der Waals surface area contributed by atoms with Crippen LogP contribution < -0.4 is 9.80 Å². The number of carbonyl (C=O) groups excluding carboxylic acids is 3. The first-order valence-electron chi connectivity index (χ1n) is 11.0.